The average Bonchev–Trinajstić information content (AvgIpc) is 2.37. The molecule has 0 aromatic carbocycles. The molecule has 1 amide bonds. The van der Waals surface area contributed by atoms with Gasteiger partial charge in [-0.05, 0) is 32.9 Å². The van der Waals surface area contributed by atoms with Gasteiger partial charge in [-0.25, -0.2) is 0 Å². The molecule has 5 heteroatoms. The van der Waals surface area contributed by atoms with E-state index < -0.39 is 0 Å². The van der Waals surface area contributed by atoms with Crippen LogP contribution >= 0.6 is 0 Å². The lowest BCUT2D eigenvalue weighted by Gasteiger charge is -2.10. The van der Waals surface area contributed by atoms with E-state index in [1.807, 2.05) is 14.1 Å². The number of ether oxygens (including phenoxy) is 2. The minimum atomic E-state index is 0.0716. The molecule has 0 spiro atoms. The second-order valence-electron chi connectivity index (χ2n) is 5.66. The number of nitrogens with zero attached hydrogens (tertiary/aromatic N) is 1. The molecule has 0 aliphatic carbocycles. The maximum absolute atomic E-state index is 11.5. The van der Waals surface area contributed by atoms with Gasteiger partial charge in [0.25, 0.3) is 0 Å². The highest BCUT2D eigenvalue weighted by molar-refractivity contribution is 5.75. The molecule has 0 aromatic heterocycles. The highest BCUT2D eigenvalue weighted by Crippen LogP contribution is 2.01. The van der Waals surface area contributed by atoms with Crippen molar-refractivity contribution in [1.82, 2.24) is 10.2 Å². The van der Waals surface area contributed by atoms with Gasteiger partial charge >= 0.3 is 0 Å². The van der Waals surface area contributed by atoms with Crippen molar-refractivity contribution in [3.8, 4) is 0 Å². The van der Waals surface area contributed by atoms with E-state index in [4.69, 9.17) is 9.47 Å². The molecule has 0 heterocycles. The van der Waals surface area contributed by atoms with Crippen LogP contribution in [-0.4, -0.2) is 64.4 Å². The van der Waals surface area contributed by atoms with Gasteiger partial charge in [0.15, 0.2) is 0 Å². The van der Waals surface area contributed by atoms with E-state index in [-0.39, 0.29) is 5.91 Å². The topological polar surface area (TPSA) is 50.8 Å². The third-order valence-corrected chi connectivity index (χ3v) is 2.81. The molecule has 20 heavy (non-hydrogen) atoms. The van der Waals surface area contributed by atoms with Crippen molar-refractivity contribution in [2.24, 2.45) is 5.92 Å². The predicted molar refractivity (Wildman–Crippen MR) is 81.9 cm³/mol. The van der Waals surface area contributed by atoms with Gasteiger partial charge in [-0.1, -0.05) is 13.8 Å². The number of amides is 1. The van der Waals surface area contributed by atoms with Gasteiger partial charge < -0.3 is 19.7 Å². The zero-order chi connectivity index (χ0) is 15.2. The Morgan fingerprint density at radius 2 is 1.75 bits per heavy atom. The molecule has 1 N–H and O–H groups in total. The summed E-state index contributed by atoms with van der Waals surface area (Å²) < 4.78 is 10.7. The Kier molecular flexibility index (Phi) is 12.9. The van der Waals surface area contributed by atoms with E-state index in [2.05, 4.69) is 24.1 Å². The number of rotatable bonds is 13. The fourth-order valence-electron chi connectivity index (χ4n) is 1.56. The minimum Gasteiger partial charge on any atom is -0.379 e. The lowest BCUT2D eigenvalue weighted by atomic mass is 10.1. The molecular weight excluding hydrogens is 256 g/mol. The smallest absolute Gasteiger partial charge is 0.222 e. The van der Waals surface area contributed by atoms with Gasteiger partial charge in [0.1, 0.15) is 0 Å². The second-order valence-corrected chi connectivity index (χ2v) is 5.66. The van der Waals surface area contributed by atoms with E-state index in [1.54, 1.807) is 0 Å². The number of carbonyl (C=O) groups excluding carboxylic acids is 1. The number of likely N-dealkylation sites (N-methyl/N-ethyl adjacent to an activating group) is 1. The SMILES string of the molecule is CC(C)CCCNC(=O)CCOCCOCCN(C)C. The summed E-state index contributed by atoms with van der Waals surface area (Å²) in [6.45, 7) is 8.38. The van der Waals surface area contributed by atoms with Gasteiger partial charge in [-0.3, -0.25) is 4.79 Å². The first-order chi connectivity index (χ1) is 9.52. The lowest BCUT2D eigenvalue weighted by molar-refractivity contribution is -0.122. The summed E-state index contributed by atoms with van der Waals surface area (Å²) in [4.78, 5) is 13.5. The summed E-state index contributed by atoms with van der Waals surface area (Å²) in [6, 6.07) is 0. The maximum atomic E-state index is 11.5. The molecule has 0 unspecified atom stereocenters. The first kappa shape index (κ1) is 19.4. The number of carbonyl (C=O) groups is 1. The van der Waals surface area contributed by atoms with Crippen LogP contribution < -0.4 is 5.32 Å². The minimum absolute atomic E-state index is 0.0716. The van der Waals surface area contributed by atoms with Crippen molar-refractivity contribution in [2.45, 2.75) is 33.1 Å². The van der Waals surface area contributed by atoms with Crippen molar-refractivity contribution in [2.75, 3.05) is 53.6 Å². The van der Waals surface area contributed by atoms with Crippen molar-refractivity contribution in [3.63, 3.8) is 0 Å². The Morgan fingerprint density at radius 1 is 1.10 bits per heavy atom. The zero-order valence-corrected chi connectivity index (χ0v) is 13.6. The number of hydrogen-bond donors (Lipinski definition) is 1. The van der Waals surface area contributed by atoms with Crippen LogP contribution in [0.2, 0.25) is 0 Å². The van der Waals surface area contributed by atoms with E-state index in [9.17, 15) is 4.79 Å². The molecule has 0 radical (unpaired) electrons. The van der Waals surface area contributed by atoms with Crippen LogP contribution in [0.1, 0.15) is 33.1 Å². The Labute approximate surface area is 124 Å². The molecule has 0 bridgehead atoms. The standard InChI is InChI=1S/C15H32N2O3/c1-14(2)6-5-8-16-15(18)7-10-19-12-13-20-11-9-17(3)4/h14H,5-13H2,1-4H3,(H,16,18). The summed E-state index contributed by atoms with van der Waals surface area (Å²) in [5.74, 6) is 0.769. The van der Waals surface area contributed by atoms with Gasteiger partial charge in [0.05, 0.1) is 26.4 Å². The zero-order valence-electron chi connectivity index (χ0n) is 13.6. The normalized spacial score (nSPS) is 11.3. The fraction of sp³-hybridized carbons (Fsp3) is 0.933. The van der Waals surface area contributed by atoms with Crippen LogP contribution in [-0.2, 0) is 14.3 Å². The van der Waals surface area contributed by atoms with Crippen LogP contribution in [0.15, 0.2) is 0 Å². The van der Waals surface area contributed by atoms with Crippen molar-refractivity contribution < 1.29 is 14.3 Å². The molecule has 0 saturated carbocycles. The first-order valence-corrected chi connectivity index (χ1v) is 7.59. The van der Waals surface area contributed by atoms with Gasteiger partial charge in [0.2, 0.25) is 5.91 Å². The Balaban J connectivity index is 3.19. The van der Waals surface area contributed by atoms with Crippen LogP contribution in [0.25, 0.3) is 0 Å². The highest BCUT2D eigenvalue weighted by atomic mass is 16.5. The Hall–Kier alpha value is -0.650. The summed E-state index contributed by atoms with van der Waals surface area (Å²) in [5, 5.41) is 2.91. The van der Waals surface area contributed by atoms with E-state index in [0.717, 1.165) is 25.9 Å². The lowest BCUT2D eigenvalue weighted by Crippen LogP contribution is -2.26. The third-order valence-electron chi connectivity index (χ3n) is 2.81. The van der Waals surface area contributed by atoms with Crippen LogP contribution in [0, 0.1) is 5.92 Å². The van der Waals surface area contributed by atoms with Gasteiger partial charge in [0, 0.05) is 19.5 Å². The Morgan fingerprint density at radius 3 is 2.35 bits per heavy atom. The van der Waals surface area contributed by atoms with Crippen LogP contribution in [0.3, 0.4) is 0 Å². The van der Waals surface area contributed by atoms with Gasteiger partial charge in [-0.15, -0.1) is 0 Å². The molecule has 0 aliphatic rings. The predicted octanol–water partition coefficient (Wildman–Crippen LogP) is 1.52. The summed E-state index contributed by atoms with van der Waals surface area (Å²) in [7, 11) is 4.03. The van der Waals surface area contributed by atoms with Crippen molar-refractivity contribution in [3.05, 3.63) is 0 Å². The quantitative estimate of drug-likeness (QED) is 0.522. The first-order valence-electron chi connectivity index (χ1n) is 7.59. The molecule has 0 fully saturated rings. The molecule has 5 nitrogen and oxygen atoms in total. The molecule has 0 aromatic rings. The fourth-order valence-corrected chi connectivity index (χ4v) is 1.56. The molecule has 0 atom stereocenters. The molecule has 120 valence electrons. The number of hydrogen-bond acceptors (Lipinski definition) is 4. The third kappa shape index (κ3) is 15.4. The summed E-state index contributed by atoms with van der Waals surface area (Å²) in [5.41, 5.74) is 0. The molecule has 0 aliphatic heterocycles. The molecule has 0 saturated heterocycles. The average molecular weight is 288 g/mol. The second kappa shape index (κ2) is 13.3. The van der Waals surface area contributed by atoms with Crippen LogP contribution in [0.5, 0.6) is 0 Å². The summed E-state index contributed by atoms with van der Waals surface area (Å²) >= 11 is 0. The van der Waals surface area contributed by atoms with Gasteiger partial charge in [-0.2, -0.15) is 0 Å². The Bertz CT molecular complexity index is 233. The molecule has 0 rings (SSSR count). The maximum Gasteiger partial charge on any atom is 0.222 e. The van der Waals surface area contributed by atoms with E-state index in [0.29, 0.717) is 38.8 Å². The van der Waals surface area contributed by atoms with Crippen molar-refractivity contribution >= 4 is 5.91 Å². The van der Waals surface area contributed by atoms with Crippen molar-refractivity contribution in [1.29, 1.82) is 0 Å². The largest absolute Gasteiger partial charge is 0.379 e. The highest BCUT2D eigenvalue weighted by Gasteiger charge is 2.01. The number of nitrogens with one attached hydrogen (secondary N) is 1. The monoisotopic (exact) mass is 288 g/mol. The van der Waals surface area contributed by atoms with Crippen LogP contribution in [0.4, 0.5) is 0 Å². The molecular formula is C15H32N2O3. The summed E-state index contributed by atoms with van der Waals surface area (Å²) in [6.07, 6.45) is 2.63. The van der Waals surface area contributed by atoms with E-state index >= 15 is 0 Å². The van der Waals surface area contributed by atoms with E-state index in [1.165, 1.54) is 0 Å².